The Bertz CT molecular complexity index is 547. The van der Waals surface area contributed by atoms with E-state index in [2.05, 4.69) is 20.8 Å². The molecule has 0 bridgehead atoms. The van der Waals surface area contributed by atoms with Gasteiger partial charge in [-0.3, -0.25) is 0 Å². The summed E-state index contributed by atoms with van der Waals surface area (Å²) in [7, 11) is 0. The molecule has 0 saturated heterocycles. The topological polar surface area (TPSA) is 60.7 Å². The molecule has 3 nitrogen and oxygen atoms in total. The summed E-state index contributed by atoms with van der Waals surface area (Å²) in [5.74, 6) is 1.94. The van der Waals surface area contributed by atoms with Gasteiger partial charge in [-0.1, -0.05) is 20.8 Å². The van der Waals surface area contributed by atoms with Crippen molar-refractivity contribution in [2.75, 3.05) is 0 Å². The highest BCUT2D eigenvalue weighted by molar-refractivity contribution is 5.14. The molecular formula is C22H38O3. The summed E-state index contributed by atoms with van der Waals surface area (Å²) < 4.78 is 0. The quantitative estimate of drug-likeness (QED) is 0.672. The van der Waals surface area contributed by atoms with Gasteiger partial charge in [-0.15, -0.1) is 0 Å². The van der Waals surface area contributed by atoms with Crippen LogP contribution in [0.4, 0.5) is 0 Å². The zero-order valence-electron chi connectivity index (χ0n) is 16.6. The van der Waals surface area contributed by atoms with E-state index in [9.17, 15) is 15.3 Å². The van der Waals surface area contributed by atoms with Crippen molar-refractivity contribution in [2.24, 2.45) is 34.0 Å². The second-order valence-corrected chi connectivity index (χ2v) is 11.1. The second kappa shape index (κ2) is 5.45. The summed E-state index contributed by atoms with van der Waals surface area (Å²) in [6, 6.07) is 0. The molecule has 0 aromatic heterocycles. The van der Waals surface area contributed by atoms with Crippen LogP contribution in [-0.4, -0.2) is 33.1 Å². The van der Waals surface area contributed by atoms with Gasteiger partial charge in [0.25, 0.3) is 0 Å². The van der Waals surface area contributed by atoms with E-state index in [1.54, 1.807) is 6.92 Å². The first-order chi connectivity index (χ1) is 11.5. The zero-order chi connectivity index (χ0) is 18.3. The Hall–Kier alpha value is -0.120. The van der Waals surface area contributed by atoms with Gasteiger partial charge in [-0.2, -0.15) is 0 Å². The lowest BCUT2D eigenvalue weighted by molar-refractivity contribution is -0.166. The van der Waals surface area contributed by atoms with Crippen molar-refractivity contribution in [2.45, 2.75) is 103 Å². The summed E-state index contributed by atoms with van der Waals surface area (Å²) in [4.78, 5) is 0. The molecule has 0 aliphatic heterocycles. The normalized spacial score (nSPS) is 59.6. The van der Waals surface area contributed by atoms with Crippen molar-refractivity contribution in [3.05, 3.63) is 0 Å². The van der Waals surface area contributed by atoms with Gasteiger partial charge in [0.15, 0.2) is 0 Å². The first-order valence-corrected chi connectivity index (χ1v) is 10.6. The van der Waals surface area contributed by atoms with Gasteiger partial charge >= 0.3 is 0 Å². The largest absolute Gasteiger partial charge is 0.393 e. The van der Waals surface area contributed by atoms with E-state index in [4.69, 9.17) is 0 Å². The Kier molecular flexibility index (Phi) is 3.98. The van der Waals surface area contributed by atoms with Gasteiger partial charge in [0.1, 0.15) is 0 Å². The maximum Gasteiger partial charge on any atom is 0.0910 e. The smallest absolute Gasteiger partial charge is 0.0910 e. The Morgan fingerprint density at radius 3 is 2.32 bits per heavy atom. The lowest BCUT2D eigenvalue weighted by Crippen LogP contribution is -2.57. The summed E-state index contributed by atoms with van der Waals surface area (Å²) >= 11 is 0. The molecule has 4 saturated carbocycles. The highest BCUT2D eigenvalue weighted by Crippen LogP contribution is 2.70. The van der Waals surface area contributed by atoms with Gasteiger partial charge in [0.05, 0.1) is 17.8 Å². The molecule has 3 N–H and O–H groups in total. The molecule has 0 aromatic rings. The summed E-state index contributed by atoms with van der Waals surface area (Å²) in [5, 5.41) is 31.5. The monoisotopic (exact) mass is 350 g/mol. The molecule has 4 rings (SSSR count). The number of rotatable bonds is 1. The fourth-order valence-corrected chi connectivity index (χ4v) is 8.09. The predicted octanol–water partition coefficient (Wildman–Crippen LogP) is 3.89. The molecule has 4 aliphatic carbocycles. The average molecular weight is 351 g/mol. The molecule has 25 heavy (non-hydrogen) atoms. The predicted molar refractivity (Wildman–Crippen MR) is 99.0 cm³/mol. The molecule has 3 heteroatoms. The van der Waals surface area contributed by atoms with Gasteiger partial charge in [0.2, 0.25) is 0 Å². The van der Waals surface area contributed by atoms with Crippen LogP contribution in [0, 0.1) is 34.0 Å². The van der Waals surface area contributed by atoms with Crippen LogP contribution >= 0.6 is 0 Å². The van der Waals surface area contributed by atoms with E-state index in [1.807, 2.05) is 0 Å². The highest BCUT2D eigenvalue weighted by atomic mass is 16.3. The molecule has 0 spiro atoms. The van der Waals surface area contributed by atoms with Crippen molar-refractivity contribution in [3.8, 4) is 0 Å². The Morgan fingerprint density at radius 2 is 1.64 bits per heavy atom. The number of hydrogen-bond donors (Lipinski definition) is 3. The first kappa shape index (κ1) is 18.3. The van der Waals surface area contributed by atoms with Crippen molar-refractivity contribution in [1.82, 2.24) is 0 Å². The van der Waals surface area contributed by atoms with Gasteiger partial charge in [0, 0.05) is 0 Å². The molecule has 0 heterocycles. The number of aliphatic hydroxyl groups is 3. The van der Waals surface area contributed by atoms with E-state index < -0.39 is 11.7 Å². The Labute approximate surface area is 153 Å². The van der Waals surface area contributed by atoms with Crippen molar-refractivity contribution in [1.29, 1.82) is 0 Å². The molecule has 4 aliphatic rings. The van der Waals surface area contributed by atoms with Gasteiger partial charge in [-0.05, 0) is 98.7 Å². The van der Waals surface area contributed by atoms with Crippen LogP contribution in [0.25, 0.3) is 0 Å². The molecule has 144 valence electrons. The minimum Gasteiger partial charge on any atom is -0.393 e. The maximum atomic E-state index is 11.1. The third-order valence-electron chi connectivity index (χ3n) is 9.93. The molecule has 9 unspecified atom stereocenters. The van der Waals surface area contributed by atoms with E-state index in [0.717, 1.165) is 32.1 Å². The van der Waals surface area contributed by atoms with Crippen LogP contribution in [0.2, 0.25) is 0 Å². The van der Waals surface area contributed by atoms with Crippen LogP contribution in [0.1, 0.15) is 85.5 Å². The molecule has 9 atom stereocenters. The SMILES string of the molecule is CC(O)C1(O)CC2C3CCC4(C)CC(O)CCC4(C)C3CCC2(C)C1. The Morgan fingerprint density at radius 1 is 0.920 bits per heavy atom. The fourth-order valence-electron chi connectivity index (χ4n) is 8.09. The lowest BCUT2D eigenvalue weighted by Gasteiger charge is -2.64. The van der Waals surface area contributed by atoms with Gasteiger partial charge < -0.3 is 15.3 Å². The standard InChI is InChI=1S/C22H38O3/c1-14(23)22(25)12-18-16-6-9-20(3)11-15(24)5-10-21(20,4)17(16)7-8-19(18,2)13-22/h14-18,23-25H,5-13H2,1-4H3. The van der Waals surface area contributed by atoms with E-state index in [0.29, 0.717) is 23.2 Å². The summed E-state index contributed by atoms with van der Waals surface area (Å²) in [6.07, 6.45) is 8.74. The maximum absolute atomic E-state index is 11.1. The number of fused-ring (bicyclic) bond motifs is 5. The van der Waals surface area contributed by atoms with E-state index in [1.165, 1.54) is 25.7 Å². The first-order valence-electron chi connectivity index (χ1n) is 10.6. The van der Waals surface area contributed by atoms with Gasteiger partial charge in [-0.25, -0.2) is 0 Å². The van der Waals surface area contributed by atoms with Crippen LogP contribution in [-0.2, 0) is 0 Å². The van der Waals surface area contributed by atoms with Crippen molar-refractivity contribution in [3.63, 3.8) is 0 Å². The van der Waals surface area contributed by atoms with E-state index in [-0.39, 0.29) is 16.9 Å². The molecule has 4 fully saturated rings. The highest BCUT2D eigenvalue weighted by Gasteiger charge is 2.64. The minimum atomic E-state index is -0.890. The van der Waals surface area contributed by atoms with Crippen molar-refractivity contribution >= 4 is 0 Å². The molecule has 0 amide bonds. The van der Waals surface area contributed by atoms with Crippen LogP contribution in [0.3, 0.4) is 0 Å². The second-order valence-electron chi connectivity index (χ2n) is 11.1. The molecule has 0 aromatic carbocycles. The van der Waals surface area contributed by atoms with Crippen LogP contribution < -0.4 is 0 Å². The lowest BCUT2D eigenvalue weighted by atomic mass is 9.40. The zero-order valence-corrected chi connectivity index (χ0v) is 16.6. The average Bonchev–Trinajstić information content (AvgIpc) is 2.81. The van der Waals surface area contributed by atoms with Crippen LogP contribution in [0.5, 0.6) is 0 Å². The molecular weight excluding hydrogens is 312 g/mol. The summed E-state index contributed by atoms with van der Waals surface area (Å²) in [5.41, 5.74) is -0.120. The minimum absolute atomic E-state index is 0.115. The number of aliphatic hydroxyl groups excluding tert-OH is 2. The van der Waals surface area contributed by atoms with E-state index >= 15 is 0 Å². The van der Waals surface area contributed by atoms with Crippen LogP contribution in [0.15, 0.2) is 0 Å². The summed E-state index contributed by atoms with van der Waals surface area (Å²) in [6.45, 7) is 9.07. The Balaban J connectivity index is 1.65. The third kappa shape index (κ3) is 2.41. The fraction of sp³-hybridized carbons (Fsp3) is 1.00. The number of hydrogen-bond acceptors (Lipinski definition) is 3. The van der Waals surface area contributed by atoms with Crippen molar-refractivity contribution < 1.29 is 15.3 Å². The molecule has 0 radical (unpaired) electrons. The third-order valence-corrected chi connectivity index (χ3v) is 9.93.